The second-order valence-electron chi connectivity index (χ2n) is 2.26. The van der Waals surface area contributed by atoms with Gasteiger partial charge in [0.05, 0.1) is 0 Å². The average Bonchev–Trinajstić information content (AvgIpc) is 2.06. The van der Waals surface area contributed by atoms with Gasteiger partial charge in [0.2, 0.25) is 0 Å². The maximum Gasteiger partial charge on any atom is 0.0472 e. The van der Waals surface area contributed by atoms with Crippen LogP contribution in [0.5, 0.6) is 0 Å². The van der Waals surface area contributed by atoms with Crippen LogP contribution in [0.3, 0.4) is 0 Å². The molecule has 0 bridgehead atoms. The lowest BCUT2D eigenvalue weighted by atomic mass is 10.2. The molecule has 0 aromatic carbocycles. The number of rotatable bonds is 3. The van der Waals surface area contributed by atoms with Crippen LogP contribution in [0.15, 0.2) is 18.5 Å². The van der Waals surface area contributed by atoms with Crippen molar-refractivity contribution in [2.75, 3.05) is 19.0 Å². The summed E-state index contributed by atoms with van der Waals surface area (Å²) in [5, 5.41) is 11.7. The highest BCUT2D eigenvalue weighted by molar-refractivity contribution is 5.48. The van der Waals surface area contributed by atoms with E-state index in [-0.39, 0.29) is 6.61 Å². The fraction of sp³-hybridized carbons (Fsp3) is 0.375. The molecule has 0 saturated heterocycles. The molecule has 0 fully saturated rings. The van der Waals surface area contributed by atoms with Gasteiger partial charge in [-0.25, -0.2) is 0 Å². The smallest absolute Gasteiger partial charge is 0.0472 e. The molecular weight excluding hydrogens is 140 g/mol. The van der Waals surface area contributed by atoms with Crippen molar-refractivity contribution < 1.29 is 5.11 Å². The van der Waals surface area contributed by atoms with Crippen molar-refractivity contribution >= 4 is 5.69 Å². The molecule has 1 rings (SSSR count). The summed E-state index contributed by atoms with van der Waals surface area (Å²) in [6, 6.07) is 1.89. The average molecular weight is 152 g/mol. The van der Waals surface area contributed by atoms with Crippen molar-refractivity contribution in [2.24, 2.45) is 0 Å². The Morgan fingerprint density at radius 2 is 2.45 bits per heavy atom. The second-order valence-corrected chi connectivity index (χ2v) is 2.26. The minimum atomic E-state index is 0.167. The van der Waals surface area contributed by atoms with Crippen molar-refractivity contribution in [1.82, 2.24) is 4.98 Å². The Hall–Kier alpha value is -1.09. The largest absolute Gasteiger partial charge is 0.396 e. The van der Waals surface area contributed by atoms with Crippen LogP contribution >= 0.6 is 0 Å². The summed E-state index contributed by atoms with van der Waals surface area (Å²) in [6.07, 6.45) is 4.15. The van der Waals surface area contributed by atoms with Gasteiger partial charge in [-0.15, -0.1) is 0 Å². The molecule has 0 aliphatic heterocycles. The van der Waals surface area contributed by atoms with E-state index in [9.17, 15) is 0 Å². The van der Waals surface area contributed by atoms with Crippen LogP contribution in [0.25, 0.3) is 0 Å². The second kappa shape index (κ2) is 3.93. The minimum absolute atomic E-state index is 0.167. The molecule has 3 nitrogen and oxygen atoms in total. The van der Waals surface area contributed by atoms with E-state index in [4.69, 9.17) is 5.11 Å². The Balaban J connectivity index is 2.83. The van der Waals surface area contributed by atoms with E-state index in [0.29, 0.717) is 6.42 Å². The van der Waals surface area contributed by atoms with Crippen LogP contribution in [0, 0.1) is 0 Å². The summed E-state index contributed by atoms with van der Waals surface area (Å²) in [4.78, 5) is 3.96. The Labute approximate surface area is 66.1 Å². The molecule has 1 heterocycles. The quantitative estimate of drug-likeness (QED) is 0.668. The molecular formula is C8H12N2O. The van der Waals surface area contributed by atoms with E-state index >= 15 is 0 Å². The number of anilines is 1. The zero-order valence-corrected chi connectivity index (χ0v) is 6.54. The summed E-state index contributed by atoms with van der Waals surface area (Å²) in [5.41, 5.74) is 2.09. The van der Waals surface area contributed by atoms with Gasteiger partial charge < -0.3 is 10.4 Å². The van der Waals surface area contributed by atoms with Crippen LogP contribution in [-0.2, 0) is 6.42 Å². The number of aliphatic hydroxyl groups excluding tert-OH is 1. The molecule has 2 N–H and O–H groups in total. The van der Waals surface area contributed by atoms with Crippen LogP contribution < -0.4 is 5.32 Å². The van der Waals surface area contributed by atoms with Crippen LogP contribution in [-0.4, -0.2) is 23.7 Å². The van der Waals surface area contributed by atoms with E-state index in [0.717, 1.165) is 11.3 Å². The number of aromatic nitrogens is 1. The van der Waals surface area contributed by atoms with E-state index in [1.165, 1.54) is 0 Å². The van der Waals surface area contributed by atoms with Gasteiger partial charge in [0.15, 0.2) is 0 Å². The van der Waals surface area contributed by atoms with E-state index in [1.807, 2.05) is 13.1 Å². The lowest BCUT2D eigenvalue weighted by Gasteiger charge is -2.05. The molecule has 1 aromatic heterocycles. The van der Waals surface area contributed by atoms with Gasteiger partial charge in [-0.1, -0.05) is 0 Å². The topological polar surface area (TPSA) is 45.2 Å². The maximum atomic E-state index is 8.68. The molecule has 11 heavy (non-hydrogen) atoms. The number of hydrogen-bond donors (Lipinski definition) is 2. The van der Waals surface area contributed by atoms with E-state index in [1.54, 1.807) is 12.4 Å². The number of hydrogen-bond acceptors (Lipinski definition) is 3. The van der Waals surface area contributed by atoms with Crippen LogP contribution in [0.1, 0.15) is 5.56 Å². The predicted octanol–water partition coefficient (Wildman–Crippen LogP) is 0.658. The Bertz CT molecular complexity index is 225. The van der Waals surface area contributed by atoms with Gasteiger partial charge in [-0.2, -0.15) is 0 Å². The Morgan fingerprint density at radius 1 is 1.64 bits per heavy atom. The first kappa shape index (κ1) is 8.01. The zero-order valence-electron chi connectivity index (χ0n) is 6.54. The van der Waals surface area contributed by atoms with Crippen molar-refractivity contribution in [1.29, 1.82) is 0 Å². The standard InChI is InChI=1S/C8H12N2O/c1-9-8-2-4-10-6-7(8)3-5-11/h2,4,6,11H,3,5H2,1H3,(H,9,10). The third-order valence-corrected chi connectivity index (χ3v) is 1.55. The third-order valence-electron chi connectivity index (χ3n) is 1.55. The molecule has 0 amide bonds. The molecule has 0 aliphatic rings. The van der Waals surface area contributed by atoms with Gasteiger partial charge in [-0.05, 0) is 18.1 Å². The molecule has 1 aromatic rings. The van der Waals surface area contributed by atoms with Crippen molar-refractivity contribution in [3.63, 3.8) is 0 Å². The molecule has 0 radical (unpaired) electrons. The van der Waals surface area contributed by atoms with Crippen LogP contribution in [0.2, 0.25) is 0 Å². The zero-order chi connectivity index (χ0) is 8.10. The third kappa shape index (κ3) is 1.91. The minimum Gasteiger partial charge on any atom is -0.396 e. The SMILES string of the molecule is CNc1ccncc1CCO. The summed E-state index contributed by atoms with van der Waals surface area (Å²) < 4.78 is 0. The Kier molecular flexibility index (Phi) is 2.86. The highest BCUT2D eigenvalue weighted by Gasteiger charge is 1.97. The predicted molar refractivity (Wildman–Crippen MR) is 44.6 cm³/mol. The molecule has 3 heteroatoms. The molecule has 60 valence electrons. The lowest BCUT2D eigenvalue weighted by Crippen LogP contribution is -1.98. The number of nitrogens with zero attached hydrogens (tertiary/aromatic N) is 1. The normalized spacial score (nSPS) is 9.64. The molecule has 0 atom stereocenters. The number of nitrogens with one attached hydrogen (secondary N) is 1. The monoisotopic (exact) mass is 152 g/mol. The molecule has 0 saturated carbocycles. The van der Waals surface area contributed by atoms with Crippen molar-refractivity contribution in [2.45, 2.75) is 6.42 Å². The fourth-order valence-electron chi connectivity index (χ4n) is 0.991. The fourth-order valence-corrected chi connectivity index (χ4v) is 0.991. The van der Waals surface area contributed by atoms with Crippen LogP contribution in [0.4, 0.5) is 5.69 Å². The van der Waals surface area contributed by atoms with Gasteiger partial charge in [0, 0.05) is 31.7 Å². The maximum absolute atomic E-state index is 8.68. The van der Waals surface area contributed by atoms with Gasteiger partial charge >= 0.3 is 0 Å². The highest BCUT2D eigenvalue weighted by Crippen LogP contribution is 2.12. The highest BCUT2D eigenvalue weighted by atomic mass is 16.2. The first-order valence-corrected chi connectivity index (χ1v) is 3.60. The van der Waals surface area contributed by atoms with Crippen molar-refractivity contribution in [3.05, 3.63) is 24.0 Å². The van der Waals surface area contributed by atoms with Gasteiger partial charge in [0.25, 0.3) is 0 Å². The summed E-state index contributed by atoms with van der Waals surface area (Å²) in [6.45, 7) is 0.167. The van der Waals surface area contributed by atoms with Gasteiger partial charge in [-0.3, -0.25) is 4.98 Å². The van der Waals surface area contributed by atoms with E-state index < -0.39 is 0 Å². The first-order chi connectivity index (χ1) is 5.38. The first-order valence-electron chi connectivity index (χ1n) is 3.60. The van der Waals surface area contributed by atoms with E-state index in [2.05, 4.69) is 10.3 Å². The summed E-state index contributed by atoms with van der Waals surface area (Å²) in [7, 11) is 1.86. The molecule has 0 unspecified atom stereocenters. The summed E-state index contributed by atoms with van der Waals surface area (Å²) in [5.74, 6) is 0. The number of pyridine rings is 1. The molecule has 0 aliphatic carbocycles. The van der Waals surface area contributed by atoms with Crippen molar-refractivity contribution in [3.8, 4) is 0 Å². The molecule has 0 spiro atoms. The number of aliphatic hydroxyl groups is 1. The lowest BCUT2D eigenvalue weighted by molar-refractivity contribution is 0.299. The Morgan fingerprint density at radius 3 is 3.09 bits per heavy atom. The van der Waals surface area contributed by atoms with Gasteiger partial charge in [0.1, 0.15) is 0 Å². The summed E-state index contributed by atoms with van der Waals surface area (Å²) >= 11 is 0.